The molecule has 0 aliphatic heterocycles. The Labute approximate surface area is 129 Å². The van der Waals surface area contributed by atoms with Crippen molar-refractivity contribution in [3.63, 3.8) is 0 Å². The zero-order chi connectivity index (χ0) is 15.1. The number of carbonyl (C=O) groups is 1. The van der Waals surface area contributed by atoms with Gasteiger partial charge in [-0.05, 0) is 43.0 Å². The number of anilines is 1. The van der Waals surface area contributed by atoms with Crippen molar-refractivity contribution < 1.29 is 9.53 Å². The van der Waals surface area contributed by atoms with Crippen LogP contribution in [0, 0.1) is 6.92 Å². The summed E-state index contributed by atoms with van der Waals surface area (Å²) >= 11 is 1.61. The summed E-state index contributed by atoms with van der Waals surface area (Å²) in [5, 5.41) is 2.92. The van der Waals surface area contributed by atoms with E-state index in [1.807, 2.05) is 61.7 Å². The number of hydrogen-bond acceptors (Lipinski definition) is 3. The second-order valence-electron chi connectivity index (χ2n) is 4.66. The van der Waals surface area contributed by atoms with E-state index in [9.17, 15) is 4.79 Å². The van der Waals surface area contributed by atoms with Gasteiger partial charge in [-0.15, -0.1) is 11.8 Å². The first-order chi connectivity index (χ1) is 10.2. The first-order valence-electron chi connectivity index (χ1n) is 6.81. The molecule has 2 aromatic rings. The van der Waals surface area contributed by atoms with E-state index in [4.69, 9.17) is 4.74 Å². The zero-order valence-corrected chi connectivity index (χ0v) is 13.1. The minimum atomic E-state index is -0.0378. The molecule has 0 aliphatic rings. The summed E-state index contributed by atoms with van der Waals surface area (Å²) in [6, 6.07) is 15.6. The molecule has 0 saturated heterocycles. The smallest absolute Gasteiger partial charge is 0.227 e. The predicted octanol–water partition coefficient (Wildman–Crippen LogP) is 4.12. The molecule has 0 radical (unpaired) electrons. The third kappa shape index (κ3) is 4.83. The van der Waals surface area contributed by atoms with Crippen LogP contribution < -0.4 is 10.1 Å². The highest BCUT2D eigenvalue weighted by Gasteiger charge is 2.06. The van der Waals surface area contributed by atoms with Crippen LogP contribution in [0.4, 0.5) is 5.69 Å². The molecule has 0 unspecified atom stereocenters. The van der Waals surface area contributed by atoms with Crippen LogP contribution in [0.2, 0.25) is 0 Å². The van der Waals surface area contributed by atoms with Crippen molar-refractivity contribution in [1.29, 1.82) is 0 Å². The van der Waals surface area contributed by atoms with E-state index >= 15 is 0 Å². The average molecular weight is 301 g/mol. The number of ether oxygens (including phenoxy) is 1. The van der Waals surface area contributed by atoms with Gasteiger partial charge >= 0.3 is 0 Å². The molecule has 3 nitrogen and oxygen atoms in total. The molecule has 0 bridgehead atoms. The van der Waals surface area contributed by atoms with Gasteiger partial charge in [-0.1, -0.05) is 24.3 Å². The maximum atomic E-state index is 11.9. The highest BCUT2D eigenvalue weighted by atomic mass is 32.2. The second-order valence-corrected chi connectivity index (χ2v) is 5.51. The maximum Gasteiger partial charge on any atom is 0.227 e. The molecule has 0 heterocycles. The third-order valence-electron chi connectivity index (χ3n) is 2.97. The summed E-state index contributed by atoms with van der Waals surface area (Å²) in [4.78, 5) is 13.0. The Morgan fingerprint density at radius 2 is 2.00 bits per heavy atom. The molecule has 0 spiro atoms. The minimum Gasteiger partial charge on any atom is -0.493 e. The monoisotopic (exact) mass is 301 g/mol. The summed E-state index contributed by atoms with van der Waals surface area (Å²) in [5.41, 5.74) is 2.00. The summed E-state index contributed by atoms with van der Waals surface area (Å²) < 4.78 is 5.59. The van der Waals surface area contributed by atoms with Gasteiger partial charge in [-0.3, -0.25) is 4.79 Å². The van der Waals surface area contributed by atoms with Crippen molar-refractivity contribution in [2.75, 3.05) is 18.2 Å². The number of para-hydroxylation sites is 1. The van der Waals surface area contributed by atoms with Gasteiger partial charge in [-0.2, -0.15) is 0 Å². The number of thioether (sulfide) groups is 1. The summed E-state index contributed by atoms with van der Waals surface area (Å²) in [5.74, 6) is 0.761. The number of nitrogens with one attached hydrogen (secondary N) is 1. The molecule has 1 N–H and O–H groups in total. The van der Waals surface area contributed by atoms with E-state index in [0.29, 0.717) is 13.0 Å². The van der Waals surface area contributed by atoms with E-state index in [-0.39, 0.29) is 5.91 Å². The van der Waals surface area contributed by atoms with Crippen LogP contribution in [0.15, 0.2) is 53.4 Å². The quantitative estimate of drug-likeness (QED) is 0.815. The lowest BCUT2D eigenvalue weighted by atomic mass is 10.2. The number of aryl methyl sites for hydroxylation is 1. The standard InChI is InChI=1S/C17H19NO2S/c1-13-6-5-7-14(12-13)20-11-10-17(19)18-15-8-3-4-9-16(15)21-2/h3-9,12H,10-11H2,1-2H3,(H,18,19). The summed E-state index contributed by atoms with van der Waals surface area (Å²) in [6.07, 6.45) is 2.32. The van der Waals surface area contributed by atoms with Crippen molar-refractivity contribution >= 4 is 23.4 Å². The molecule has 1 amide bonds. The fourth-order valence-corrected chi connectivity index (χ4v) is 2.48. The van der Waals surface area contributed by atoms with Gasteiger partial charge in [-0.25, -0.2) is 0 Å². The van der Waals surface area contributed by atoms with Crippen LogP contribution in [-0.4, -0.2) is 18.8 Å². The molecule has 21 heavy (non-hydrogen) atoms. The third-order valence-corrected chi connectivity index (χ3v) is 3.76. The highest BCUT2D eigenvalue weighted by Crippen LogP contribution is 2.24. The SMILES string of the molecule is CSc1ccccc1NC(=O)CCOc1cccc(C)c1. The molecule has 2 aromatic carbocycles. The number of benzene rings is 2. The van der Waals surface area contributed by atoms with Crippen molar-refractivity contribution in [2.24, 2.45) is 0 Å². The molecule has 0 saturated carbocycles. The van der Waals surface area contributed by atoms with E-state index in [1.165, 1.54) is 0 Å². The molecule has 0 aliphatic carbocycles. The lowest BCUT2D eigenvalue weighted by molar-refractivity contribution is -0.116. The van der Waals surface area contributed by atoms with Crippen molar-refractivity contribution in [3.8, 4) is 5.75 Å². The fraction of sp³-hybridized carbons (Fsp3) is 0.235. The van der Waals surface area contributed by atoms with Crippen LogP contribution in [0.3, 0.4) is 0 Å². The largest absolute Gasteiger partial charge is 0.493 e. The Bertz CT molecular complexity index is 613. The zero-order valence-electron chi connectivity index (χ0n) is 12.3. The van der Waals surface area contributed by atoms with Gasteiger partial charge in [0.25, 0.3) is 0 Å². The molecule has 2 rings (SSSR count). The van der Waals surface area contributed by atoms with Crippen LogP contribution in [0.25, 0.3) is 0 Å². The van der Waals surface area contributed by atoms with E-state index in [1.54, 1.807) is 11.8 Å². The molecule has 4 heteroatoms. The van der Waals surface area contributed by atoms with Crippen LogP contribution in [-0.2, 0) is 4.79 Å². The number of rotatable bonds is 6. The van der Waals surface area contributed by atoms with Crippen LogP contribution in [0.1, 0.15) is 12.0 Å². The summed E-state index contributed by atoms with van der Waals surface area (Å²) in [6.45, 7) is 2.38. The van der Waals surface area contributed by atoms with Crippen LogP contribution in [0.5, 0.6) is 5.75 Å². The Hall–Kier alpha value is -1.94. The molecule has 0 aromatic heterocycles. The minimum absolute atomic E-state index is 0.0378. The van der Waals surface area contributed by atoms with Gasteiger partial charge < -0.3 is 10.1 Å². The second kappa shape index (κ2) is 7.74. The normalized spacial score (nSPS) is 10.2. The van der Waals surface area contributed by atoms with Gasteiger partial charge in [0.15, 0.2) is 0 Å². The Morgan fingerprint density at radius 3 is 2.76 bits per heavy atom. The van der Waals surface area contributed by atoms with E-state index < -0.39 is 0 Å². The molecule has 110 valence electrons. The van der Waals surface area contributed by atoms with Gasteiger partial charge in [0, 0.05) is 4.90 Å². The van der Waals surface area contributed by atoms with Gasteiger partial charge in [0.1, 0.15) is 5.75 Å². The molecular weight excluding hydrogens is 282 g/mol. The lowest BCUT2D eigenvalue weighted by Gasteiger charge is -2.10. The molecule has 0 atom stereocenters. The molecule has 0 fully saturated rings. The Morgan fingerprint density at radius 1 is 1.19 bits per heavy atom. The number of carbonyl (C=O) groups excluding carboxylic acids is 1. The first-order valence-corrected chi connectivity index (χ1v) is 8.04. The predicted molar refractivity (Wildman–Crippen MR) is 88.1 cm³/mol. The maximum absolute atomic E-state index is 11.9. The Balaban J connectivity index is 1.82. The van der Waals surface area contributed by atoms with E-state index in [0.717, 1.165) is 21.9 Å². The fourth-order valence-electron chi connectivity index (χ4n) is 1.93. The molecular formula is C17H19NO2S. The first kappa shape index (κ1) is 15.4. The Kier molecular flexibility index (Phi) is 5.69. The topological polar surface area (TPSA) is 38.3 Å². The number of hydrogen-bond donors (Lipinski definition) is 1. The number of amides is 1. The van der Waals surface area contributed by atoms with Crippen LogP contribution >= 0.6 is 11.8 Å². The van der Waals surface area contributed by atoms with Crippen molar-refractivity contribution in [3.05, 3.63) is 54.1 Å². The van der Waals surface area contributed by atoms with Crippen molar-refractivity contribution in [1.82, 2.24) is 0 Å². The van der Waals surface area contributed by atoms with Crippen molar-refractivity contribution in [2.45, 2.75) is 18.2 Å². The lowest BCUT2D eigenvalue weighted by Crippen LogP contribution is -2.15. The van der Waals surface area contributed by atoms with Gasteiger partial charge in [0.2, 0.25) is 5.91 Å². The summed E-state index contributed by atoms with van der Waals surface area (Å²) in [7, 11) is 0. The average Bonchev–Trinajstić information content (AvgIpc) is 2.48. The van der Waals surface area contributed by atoms with Gasteiger partial charge in [0.05, 0.1) is 18.7 Å². The highest BCUT2D eigenvalue weighted by molar-refractivity contribution is 7.98. The van der Waals surface area contributed by atoms with E-state index in [2.05, 4.69) is 5.32 Å².